The Labute approximate surface area is 125 Å². The van der Waals surface area contributed by atoms with Crippen molar-refractivity contribution >= 4 is 52.1 Å². The van der Waals surface area contributed by atoms with Gasteiger partial charge in [-0.1, -0.05) is 35.3 Å². The highest BCUT2D eigenvalue weighted by molar-refractivity contribution is 8.18. The average Bonchev–Trinajstić information content (AvgIpc) is 2.72. The Hall–Kier alpha value is -1.23. The second-order valence-corrected chi connectivity index (χ2v) is 5.48. The highest BCUT2D eigenvalue weighted by Gasteiger charge is 2.24. The summed E-state index contributed by atoms with van der Waals surface area (Å²) in [6, 6.07) is 5.21. The van der Waals surface area contributed by atoms with E-state index in [0.717, 1.165) is 0 Å². The summed E-state index contributed by atoms with van der Waals surface area (Å²) < 4.78 is 0. The van der Waals surface area contributed by atoms with Gasteiger partial charge >= 0.3 is 0 Å². The summed E-state index contributed by atoms with van der Waals surface area (Å²) in [5.74, 6) is -0.205. The third-order valence-corrected chi connectivity index (χ3v) is 3.90. The van der Waals surface area contributed by atoms with Crippen molar-refractivity contribution in [2.75, 3.05) is 6.54 Å². The van der Waals surface area contributed by atoms with E-state index in [9.17, 15) is 4.79 Å². The molecule has 1 aromatic rings. The van der Waals surface area contributed by atoms with Crippen molar-refractivity contribution in [1.29, 1.82) is 0 Å². The van der Waals surface area contributed by atoms with Gasteiger partial charge in [-0.05, 0) is 30.0 Å². The van der Waals surface area contributed by atoms with Gasteiger partial charge < -0.3 is 5.32 Å². The molecule has 0 aliphatic carbocycles. The zero-order chi connectivity index (χ0) is 13.8. The number of carbonyl (C=O) groups excluding carboxylic acids is 1. The lowest BCUT2D eigenvalue weighted by Crippen LogP contribution is -2.19. The highest BCUT2D eigenvalue weighted by Crippen LogP contribution is 2.31. The van der Waals surface area contributed by atoms with Crippen molar-refractivity contribution in [3.05, 3.63) is 51.4 Å². The molecular weight excluding hydrogens is 303 g/mol. The van der Waals surface area contributed by atoms with Crippen LogP contribution in [0.1, 0.15) is 5.56 Å². The molecule has 3 nitrogen and oxygen atoms in total. The predicted octanol–water partition coefficient (Wildman–Crippen LogP) is 3.74. The van der Waals surface area contributed by atoms with E-state index in [1.807, 2.05) is 0 Å². The van der Waals surface area contributed by atoms with Crippen LogP contribution in [0.3, 0.4) is 0 Å². The van der Waals surface area contributed by atoms with Crippen LogP contribution in [0.4, 0.5) is 0 Å². The Balaban J connectivity index is 2.30. The maximum Gasteiger partial charge on any atom is 0.264 e. The molecule has 1 N–H and O–H groups in total. The molecule has 98 valence electrons. The summed E-state index contributed by atoms with van der Waals surface area (Å²) in [5, 5.41) is 4.23. The lowest BCUT2D eigenvalue weighted by molar-refractivity contribution is -0.115. The first-order valence-electron chi connectivity index (χ1n) is 5.42. The van der Waals surface area contributed by atoms with Crippen molar-refractivity contribution in [2.45, 2.75) is 0 Å². The fourth-order valence-electron chi connectivity index (χ4n) is 1.43. The van der Waals surface area contributed by atoms with E-state index in [4.69, 9.17) is 23.2 Å². The molecule has 0 bridgehead atoms. The Bertz CT molecular complexity index is 576. The SMILES string of the molecule is C=CCN=C1NC(=O)/C(=C/c2c(Cl)cccc2Cl)S1. The molecule has 0 unspecified atom stereocenters. The molecule has 1 aromatic carbocycles. The topological polar surface area (TPSA) is 41.5 Å². The third-order valence-electron chi connectivity index (χ3n) is 2.29. The molecule has 0 spiro atoms. The monoisotopic (exact) mass is 312 g/mol. The van der Waals surface area contributed by atoms with E-state index < -0.39 is 0 Å². The number of hydrogen-bond donors (Lipinski definition) is 1. The normalized spacial score (nSPS) is 18.9. The first-order valence-corrected chi connectivity index (χ1v) is 6.99. The van der Waals surface area contributed by atoms with Gasteiger partial charge in [-0.2, -0.15) is 0 Å². The minimum atomic E-state index is -0.205. The molecular formula is C13H10Cl2N2OS. The lowest BCUT2D eigenvalue weighted by atomic mass is 10.2. The number of aliphatic imine (C=N–C) groups is 1. The summed E-state index contributed by atoms with van der Waals surface area (Å²) in [4.78, 5) is 16.4. The van der Waals surface area contributed by atoms with Crippen LogP contribution in [0.5, 0.6) is 0 Å². The van der Waals surface area contributed by atoms with E-state index in [1.54, 1.807) is 30.4 Å². The highest BCUT2D eigenvalue weighted by atomic mass is 35.5. The fraction of sp³-hybridized carbons (Fsp3) is 0.0769. The Morgan fingerprint density at radius 3 is 2.68 bits per heavy atom. The van der Waals surface area contributed by atoms with Gasteiger partial charge in [0.1, 0.15) is 0 Å². The number of carbonyl (C=O) groups is 1. The van der Waals surface area contributed by atoms with Gasteiger partial charge in [0.15, 0.2) is 5.17 Å². The number of amides is 1. The van der Waals surface area contributed by atoms with Gasteiger partial charge in [0.05, 0.1) is 11.4 Å². The van der Waals surface area contributed by atoms with Crippen LogP contribution in [0.25, 0.3) is 6.08 Å². The van der Waals surface area contributed by atoms with Gasteiger partial charge in [0.2, 0.25) is 0 Å². The maximum atomic E-state index is 11.8. The minimum Gasteiger partial charge on any atom is -0.301 e. The van der Waals surface area contributed by atoms with Gasteiger partial charge in [0, 0.05) is 15.6 Å². The molecule has 1 fully saturated rings. The summed E-state index contributed by atoms with van der Waals surface area (Å²) in [6.07, 6.45) is 3.33. The molecule has 1 heterocycles. The standard InChI is InChI=1S/C13H10Cl2N2OS/c1-2-6-16-13-17-12(18)11(19-13)7-8-9(14)4-3-5-10(8)15/h2-5,7H,1,6H2,(H,16,17,18)/b11-7-. The molecule has 0 saturated carbocycles. The van der Waals surface area contributed by atoms with Crippen molar-refractivity contribution in [3.63, 3.8) is 0 Å². The van der Waals surface area contributed by atoms with E-state index in [1.165, 1.54) is 11.8 Å². The molecule has 0 aromatic heterocycles. The molecule has 1 aliphatic heterocycles. The number of nitrogens with one attached hydrogen (secondary N) is 1. The summed E-state index contributed by atoms with van der Waals surface area (Å²) in [6.45, 7) is 4.03. The summed E-state index contributed by atoms with van der Waals surface area (Å²) in [7, 11) is 0. The van der Waals surface area contributed by atoms with Crippen LogP contribution < -0.4 is 5.32 Å². The molecule has 1 aliphatic rings. The van der Waals surface area contributed by atoms with E-state index in [0.29, 0.717) is 32.2 Å². The van der Waals surface area contributed by atoms with E-state index in [2.05, 4.69) is 16.9 Å². The fourth-order valence-corrected chi connectivity index (χ4v) is 2.75. The zero-order valence-corrected chi connectivity index (χ0v) is 12.1. The molecule has 2 rings (SSSR count). The summed E-state index contributed by atoms with van der Waals surface area (Å²) in [5.41, 5.74) is 0.633. The van der Waals surface area contributed by atoms with Crippen LogP contribution in [0.15, 0.2) is 40.8 Å². The number of hydrogen-bond acceptors (Lipinski definition) is 3. The minimum absolute atomic E-state index is 0.205. The number of benzene rings is 1. The second-order valence-electron chi connectivity index (χ2n) is 3.63. The maximum absolute atomic E-state index is 11.8. The first-order chi connectivity index (χ1) is 9.11. The van der Waals surface area contributed by atoms with Crippen molar-refractivity contribution in [3.8, 4) is 0 Å². The number of nitrogens with zero attached hydrogens (tertiary/aromatic N) is 1. The smallest absolute Gasteiger partial charge is 0.264 e. The van der Waals surface area contributed by atoms with Gasteiger partial charge in [-0.25, -0.2) is 0 Å². The number of halogens is 2. The third kappa shape index (κ3) is 3.41. The van der Waals surface area contributed by atoms with Crippen LogP contribution >= 0.6 is 35.0 Å². The largest absolute Gasteiger partial charge is 0.301 e. The van der Waals surface area contributed by atoms with Crippen LogP contribution in [-0.2, 0) is 4.79 Å². The Morgan fingerprint density at radius 2 is 2.05 bits per heavy atom. The Kier molecular flexibility index (Phi) is 4.69. The van der Waals surface area contributed by atoms with Gasteiger partial charge in [0.25, 0.3) is 5.91 Å². The predicted molar refractivity (Wildman–Crippen MR) is 82.7 cm³/mol. The number of amidine groups is 1. The van der Waals surface area contributed by atoms with Crippen LogP contribution in [0, 0.1) is 0 Å². The molecule has 6 heteroatoms. The Morgan fingerprint density at radius 1 is 1.37 bits per heavy atom. The first kappa shape index (κ1) is 14.2. The van der Waals surface area contributed by atoms with Gasteiger partial charge in [-0.3, -0.25) is 9.79 Å². The lowest BCUT2D eigenvalue weighted by Gasteiger charge is -2.01. The van der Waals surface area contributed by atoms with Crippen molar-refractivity contribution in [2.24, 2.45) is 4.99 Å². The number of thioether (sulfide) groups is 1. The summed E-state index contributed by atoms with van der Waals surface area (Å²) >= 11 is 13.4. The quantitative estimate of drug-likeness (QED) is 0.682. The molecule has 1 amide bonds. The number of rotatable bonds is 3. The molecule has 1 saturated heterocycles. The molecule has 0 atom stereocenters. The van der Waals surface area contributed by atoms with Crippen molar-refractivity contribution < 1.29 is 4.79 Å². The molecule has 0 radical (unpaired) electrons. The second kappa shape index (κ2) is 6.28. The van der Waals surface area contributed by atoms with E-state index in [-0.39, 0.29) is 5.91 Å². The van der Waals surface area contributed by atoms with Crippen LogP contribution in [0.2, 0.25) is 10.0 Å². The van der Waals surface area contributed by atoms with Crippen molar-refractivity contribution in [1.82, 2.24) is 5.32 Å². The van der Waals surface area contributed by atoms with Crippen LogP contribution in [-0.4, -0.2) is 17.6 Å². The van der Waals surface area contributed by atoms with Gasteiger partial charge in [-0.15, -0.1) is 6.58 Å². The van der Waals surface area contributed by atoms with E-state index >= 15 is 0 Å². The zero-order valence-electron chi connectivity index (χ0n) is 9.82. The average molecular weight is 313 g/mol. The molecule has 19 heavy (non-hydrogen) atoms.